The molecule has 2 aromatic rings. The zero-order valence-electron chi connectivity index (χ0n) is 14.3. The fourth-order valence-electron chi connectivity index (χ4n) is 3.64. The Morgan fingerprint density at radius 1 is 1.00 bits per heavy atom. The average Bonchev–Trinajstić information content (AvgIpc) is 2.52. The summed E-state index contributed by atoms with van der Waals surface area (Å²) >= 11 is 0. The first kappa shape index (κ1) is 16.6. The molecule has 2 aliphatic rings. The lowest BCUT2D eigenvalue weighted by Gasteiger charge is -2.35. The van der Waals surface area contributed by atoms with E-state index in [0.29, 0.717) is 0 Å². The van der Waals surface area contributed by atoms with E-state index in [1.54, 1.807) is 12.4 Å². The van der Waals surface area contributed by atoms with Crippen molar-refractivity contribution in [3.05, 3.63) is 24.5 Å². The highest BCUT2D eigenvalue weighted by atomic mass is 16.1. The molecule has 0 atom stereocenters. The van der Waals surface area contributed by atoms with Gasteiger partial charge in [-0.25, -0.2) is 4.98 Å². The molecule has 2 amide bonds. The van der Waals surface area contributed by atoms with E-state index in [1.807, 2.05) is 12.1 Å². The third-order valence-electron chi connectivity index (χ3n) is 5.40. The number of nitrogens with zero attached hydrogens (tertiary/aromatic N) is 2. The third kappa shape index (κ3) is 3.14. The van der Waals surface area contributed by atoms with Crippen molar-refractivity contribution < 1.29 is 9.59 Å². The van der Waals surface area contributed by atoms with Crippen LogP contribution in [0.4, 0.5) is 11.5 Å². The minimum absolute atomic E-state index is 0.0411. The van der Waals surface area contributed by atoms with Crippen LogP contribution in [0.3, 0.4) is 0 Å². The number of fused-ring (bicyclic) bond motifs is 1. The Bertz CT molecular complexity index is 858. The van der Waals surface area contributed by atoms with Gasteiger partial charge in [-0.2, -0.15) is 0 Å². The number of carbonyl (C=O) groups excluding carboxylic acids is 2. The normalized spacial score (nSPS) is 27.2. The highest BCUT2D eigenvalue weighted by molar-refractivity contribution is 5.92. The highest BCUT2D eigenvalue weighted by Crippen LogP contribution is 2.34. The van der Waals surface area contributed by atoms with Crippen molar-refractivity contribution in [3.63, 3.8) is 0 Å². The van der Waals surface area contributed by atoms with Crippen LogP contribution in [0.25, 0.3) is 10.9 Å². The van der Waals surface area contributed by atoms with Crippen molar-refractivity contribution in [2.75, 3.05) is 10.6 Å². The monoisotopic (exact) mass is 354 g/mol. The molecule has 0 radical (unpaired) electrons. The van der Waals surface area contributed by atoms with Gasteiger partial charge in [0, 0.05) is 47.3 Å². The quantitative estimate of drug-likeness (QED) is 0.610. The molecule has 2 fully saturated rings. The molecular weight excluding hydrogens is 332 g/mol. The Morgan fingerprint density at radius 2 is 1.62 bits per heavy atom. The number of primary amides is 2. The summed E-state index contributed by atoms with van der Waals surface area (Å²) in [5.41, 5.74) is 12.4. The molecule has 8 heteroatoms. The molecule has 0 aromatic carbocycles. The van der Waals surface area contributed by atoms with Gasteiger partial charge in [0.2, 0.25) is 11.8 Å². The maximum atomic E-state index is 11.2. The van der Waals surface area contributed by atoms with E-state index < -0.39 is 0 Å². The predicted molar refractivity (Wildman–Crippen MR) is 98.2 cm³/mol. The standard InChI is InChI=1S/C18H22N6O2/c19-17(25)9-3-11(4-9)22-14-7-16(23-12-5-10(6-12)18(20)26)24-15-8-21-2-1-13(14)15/h1-2,7-12H,3-6H2,(H2,19,25)(H2,20,26)(H2,22,23,24). The Kier molecular flexibility index (Phi) is 4.10. The fraction of sp³-hybridized carbons (Fsp3) is 0.444. The second-order valence-electron chi connectivity index (χ2n) is 7.27. The molecule has 0 spiro atoms. The van der Waals surface area contributed by atoms with Crippen molar-refractivity contribution in [2.24, 2.45) is 23.3 Å². The average molecular weight is 354 g/mol. The Balaban J connectivity index is 1.50. The summed E-state index contributed by atoms with van der Waals surface area (Å²) in [5.74, 6) is 0.179. The third-order valence-corrected chi connectivity index (χ3v) is 5.40. The number of pyridine rings is 2. The lowest BCUT2D eigenvalue weighted by Crippen LogP contribution is -2.43. The SMILES string of the molecule is NC(=O)C1CC(Nc2cc(NC3CC(C(N)=O)C3)c3ccncc3n2)C1. The van der Waals surface area contributed by atoms with Crippen LogP contribution in [0, 0.1) is 11.8 Å². The maximum absolute atomic E-state index is 11.2. The summed E-state index contributed by atoms with van der Waals surface area (Å²) in [5, 5.41) is 7.85. The first-order valence-electron chi connectivity index (χ1n) is 8.86. The molecule has 8 nitrogen and oxygen atoms in total. The molecule has 2 heterocycles. The first-order chi connectivity index (χ1) is 12.5. The van der Waals surface area contributed by atoms with Gasteiger partial charge in [-0.05, 0) is 31.7 Å². The Morgan fingerprint density at radius 3 is 2.23 bits per heavy atom. The van der Waals surface area contributed by atoms with Gasteiger partial charge in [-0.1, -0.05) is 0 Å². The summed E-state index contributed by atoms with van der Waals surface area (Å²) < 4.78 is 0. The van der Waals surface area contributed by atoms with Gasteiger partial charge >= 0.3 is 0 Å². The highest BCUT2D eigenvalue weighted by Gasteiger charge is 2.34. The van der Waals surface area contributed by atoms with Crippen LogP contribution in [-0.2, 0) is 9.59 Å². The molecule has 0 aliphatic heterocycles. The molecule has 2 aromatic heterocycles. The Hall–Kier alpha value is -2.90. The smallest absolute Gasteiger partial charge is 0.220 e. The van der Waals surface area contributed by atoms with Crippen LogP contribution < -0.4 is 22.1 Å². The molecule has 2 saturated carbocycles. The van der Waals surface area contributed by atoms with Gasteiger partial charge in [-0.15, -0.1) is 0 Å². The largest absolute Gasteiger partial charge is 0.382 e. The van der Waals surface area contributed by atoms with E-state index in [9.17, 15) is 9.59 Å². The van der Waals surface area contributed by atoms with E-state index in [4.69, 9.17) is 11.5 Å². The van der Waals surface area contributed by atoms with Crippen LogP contribution in [0.5, 0.6) is 0 Å². The molecule has 2 aliphatic carbocycles. The van der Waals surface area contributed by atoms with Gasteiger partial charge in [-0.3, -0.25) is 14.6 Å². The number of anilines is 2. The number of nitrogens with one attached hydrogen (secondary N) is 2. The van der Waals surface area contributed by atoms with E-state index in [2.05, 4.69) is 20.6 Å². The molecule has 0 saturated heterocycles. The zero-order valence-corrected chi connectivity index (χ0v) is 14.3. The second-order valence-corrected chi connectivity index (χ2v) is 7.27. The molecule has 6 N–H and O–H groups in total. The minimum Gasteiger partial charge on any atom is -0.382 e. The predicted octanol–water partition coefficient (Wildman–Crippen LogP) is 0.981. The Labute approximate surface area is 150 Å². The van der Waals surface area contributed by atoms with Crippen LogP contribution in [-0.4, -0.2) is 33.9 Å². The summed E-state index contributed by atoms with van der Waals surface area (Å²) in [6.45, 7) is 0. The lowest BCUT2D eigenvalue weighted by atomic mass is 9.79. The lowest BCUT2D eigenvalue weighted by molar-refractivity contribution is -0.125. The van der Waals surface area contributed by atoms with Gasteiger partial charge < -0.3 is 22.1 Å². The molecule has 26 heavy (non-hydrogen) atoms. The minimum atomic E-state index is -0.241. The van der Waals surface area contributed by atoms with E-state index in [-0.39, 0.29) is 35.7 Å². The van der Waals surface area contributed by atoms with Crippen LogP contribution in [0.2, 0.25) is 0 Å². The number of rotatable bonds is 6. The van der Waals surface area contributed by atoms with Crippen molar-refractivity contribution in [1.82, 2.24) is 9.97 Å². The second kappa shape index (κ2) is 6.44. The van der Waals surface area contributed by atoms with Gasteiger partial charge in [0.15, 0.2) is 0 Å². The zero-order chi connectivity index (χ0) is 18.3. The molecule has 0 bridgehead atoms. The van der Waals surface area contributed by atoms with Crippen molar-refractivity contribution >= 4 is 34.2 Å². The molecule has 136 valence electrons. The fourth-order valence-corrected chi connectivity index (χ4v) is 3.64. The van der Waals surface area contributed by atoms with Gasteiger partial charge in [0.1, 0.15) is 5.82 Å². The van der Waals surface area contributed by atoms with Crippen LogP contribution in [0.15, 0.2) is 24.5 Å². The number of carbonyl (C=O) groups is 2. The summed E-state index contributed by atoms with van der Waals surface area (Å²) in [4.78, 5) is 31.2. The van der Waals surface area contributed by atoms with Crippen LogP contribution in [0.1, 0.15) is 25.7 Å². The summed E-state index contributed by atoms with van der Waals surface area (Å²) in [6.07, 6.45) is 6.41. The van der Waals surface area contributed by atoms with E-state index >= 15 is 0 Å². The van der Waals surface area contributed by atoms with Gasteiger partial charge in [0.05, 0.1) is 11.7 Å². The summed E-state index contributed by atoms with van der Waals surface area (Å²) in [6, 6.07) is 4.31. The van der Waals surface area contributed by atoms with Crippen molar-refractivity contribution in [3.8, 4) is 0 Å². The number of nitrogens with two attached hydrogens (primary N) is 2. The number of aromatic nitrogens is 2. The molecular formula is C18H22N6O2. The molecule has 4 rings (SSSR count). The van der Waals surface area contributed by atoms with Crippen molar-refractivity contribution in [2.45, 2.75) is 37.8 Å². The number of amides is 2. The summed E-state index contributed by atoms with van der Waals surface area (Å²) in [7, 11) is 0. The topological polar surface area (TPSA) is 136 Å². The number of hydrogen-bond donors (Lipinski definition) is 4. The maximum Gasteiger partial charge on any atom is 0.220 e. The number of hydrogen-bond acceptors (Lipinski definition) is 6. The molecule has 0 unspecified atom stereocenters. The van der Waals surface area contributed by atoms with Crippen molar-refractivity contribution in [1.29, 1.82) is 0 Å². The van der Waals surface area contributed by atoms with E-state index in [0.717, 1.165) is 48.1 Å². The van der Waals surface area contributed by atoms with Crippen LogP contribution >= 0.6 is 0 Å². The first-order valence-corrected chi connectivity index (χ1v) is 8.86. The van der Waals surface area contributed by atoms with Gasteiger partial charge in [0.25, 0.3) is 0 Å². The van der Waals surface area contributed by atoms with E-state index in [1.165, 1.54) is 0 Å².